The fraction of sp³-hybridized carbons (Fsp3) is 0.533. The molecule has 1 fully saturated rings. The van der Waals surface area contributed by atoms with Crippen molar-refractivity contribution in [2.24, 2.45) is 0 Å². The quantitative estimate of drug-likeness (QED) is 0.854. The molecule has 3 heterocycles. The molecule has 0 aliphatic carbocycles. The van der Waals surface area contributed by atoms with Gasteiger partial charge in [-0.25, -0.2) is 4.68 Å². The Morgan fingerprint density at radius 2 is 1.83 bits per heavy atom. The predicted octanol–water partition coefficient (Wildman–Crippen LogP) is 2.04. The zero-order valence-electron chi connectivity index (χ0n) is 12.6. The Kier molecular flexibility index (Phi) is 4.05. The van der Waals surface area contributed by atoms with Crippen LogP contribution in [0, 0.1) is 0 Å². The van der Waals surface area contributed by atoms with Crippen molar-refractivity contribution < 1.29 is 14.2 Å². The highest BCUT2D eigenvalue weighted by molar-refractivity contribution is 6.31. The number of benzene rings is 1. The van der Waals surface area contributed by atoms with E-state index in [1.54, 1.807) is 6.07 Å². The molecule has 0 atom stereocenters. The average molecular weight is 337 g/mol. The first kappa shape index (κ1) is 14.7. The molecule has 0 radical (unpaired) electrons. The van der Waals surface area contributed by atoms with Crippen molar-refractivity contribution >= 4 is 11.6 Å². The lowest BCUT2D eigenvalue weighted by Crippen LogP contribution is -2.19. The molecule has 0 bridgehead atoms. The summed E-state index contributed by atoms with van der Waals surface area (Å²) in [5.41, 5.74) is 0.913. The molecule has 2 aliphatic rings. The van der Waals surface area contributed by atoms with Gasteiger partial charge < -0.3 is 14.2 Å². The highest BCUT2D eigenvalue weighted by Gasteiger charge is 2.23. The Hall–Kier alpha value is -1.86. The zero-order valence-corrected chi connectivity index (χ0v) is 13.3. The van der Waals surface area contributed by atoms with Crippen molar-refractivity contribution in [1.29, 1.82) is 0 Å². The maximum Gasteiger partial charge on any atom is 0.162 e. The smallest absolute Gasteiger partial charge is 0.162 e. The Labute approximate surface area is 138 Å². The lowest BCUT2D eigenvalue weighted by atomic mass is 9.99. The number of ether oxygens (including phenoxy) is 3. The van der Waals surface area contributed by atoms with Crippen LogP contribution in [-0.4, -0.2) is 46.6 Å². The fourth-order valence-corrected chi connectivity index (χ4v) is 3.17. The van der Waals surface area contributed by atoms with Gasteiger partial charge in [-0.3, -0.25) is 0 Å². The lowest BCUT2D eigenvalue weighted by Gasteiger charge is -2.22. The minimum absolute atomic E-state index is 0.328. The van der Waals surface area contributed by atoms with Gasteiger partial charge in [-0.05, 0) is 34.9 Å². The van der Waals surface area contributed by atoms with Crippen molar-refractivity contribution in [2.75, 3.05) is 26.4 Å². The zero-order chi connectivity index (χ0) is 15.6. The molecule has 8 heteroatoms. The summed E-state index contributed by atoms with van der Waals surface area (Å²) in [4.78, 5) is 0. The maximum absolute atomic E-state index is 6.38. The van der Waals surface area contributed by atoms with E-state index in [0.29, 0.717) is 36.4 Å². The van der Waals surface area contributed by atoms with Gasteiger partial charge in [0.1, 0.15) is 13.2 Å². The van der Waals surface area contributed by atoms with Crippen LogP contribution in [0.1, 0.15) is 30.1 Å². The van der Waals surface area contributed by atoms with E-state index in [4.69, 9.17) is 25.8 Å². The summed E-state index contributed by atoms with van der Waals surface area (Å²) < 4.78 is 18.4. The average Bonchev–Trinajstić information content (AvgIpc) is 3.04. The molecule has 122 valence electrons. The molecular formula is C15H17ClN4O3. The van der Waals surface area contributed by atoms with E-state index in [-0.39, 0.29) is 0 Å². The molecule has 1 aromatic heterocycles. The predicted molar refractivity (Wildman–Crippen MR) is 82.2 cm³/mol. The molecule has 0 amide bonds. The molecule has 0 unspecified atom stereocenters. The summed E-state index contributed by atoms with van der Waals surface area (Å²) in [5, 5.41) is 12.8. The van der Waals surface area contributed by atoms with Crippen LogP contribution in [0.5, 0.6) is 11.5 Å². The van der Waals surface area contributed by atoms with Crippen molar-refractivity contribution in [2.45, 2.75) is 25.3 Å². The second kappa shape index (κ2) is 6.33. The van der Waals surface area contributed by atoms with Gasteiger partial charge in [0.15, 0.2) is 17.3 Å². The summed E-state index contributed by atoms with van der Waals surface area (Å²) in [6.07, 6.45) is 1.88. The van der Waals surface area contributed by atoms with Crippen LogP contribution in [-0.2, 0) is 11.3 Å². The SMILES string of the molecule is Clc1cc2c(cc1Cn1nnnc1C1CCOCC1)OCCO2. The molecule has 23 heavy (non-hydrogen) atoms. The molecule has 1 aromatic carbocycles. The third-order valence-corrected chi connectivity index (χ3v) is 4.53. The molecule has 7 nitrogen and oxygen atoms in total. The van der Waals surface area contributed by atoms with Crippen LogP contribution >= 0.6 is 11.6 Å². The summed E-state index contributed by atoms with van der Waals surface area (Å²) in [6, 6.07) is 3.70. The van der Waals surface area contributed by atoms with E-state index >= 15 is 0 Å². The molecule has 2 aromatic rings. The van der Waals surface area contributed by atoms with Gasteiger partial charge >= 0.3 is 0 Å². The summed E-state index contributed by atoms with van der Waals surface area (Å²) in [5.74, 6) is 2.62. The third kappa shape index (κ3) is 2.98. The van der Waals surface area contributed by atoms with Crippen LogP contribution in [0.2, 0.25) is 5.02 Å². The van der Waals surface area contributed by atoms with Crippen molar-refractivity contribution in [3.05, 3.63) is 28.5 Å². The van der Waals surface area contributed by atoms with Gasteiger partial charge in [0, 0.05) is 30.2 Å². The number of nitrogens with zero attached hydrogens (tertiary/aromatic N) is 4. The van der Waals surface area contributed by atoms with Gasteiger partial charge in [0.05, 0.1) is 6.54 Å². The van der Waals surface area contributed by atoms with E-state index in [2.05, 4.69) is 15.5 Å². The number of rotatable bonds is 3. The highest BCUT2D eigenvalue weighted by atomic mass is 35.5. The lowest BCUT2D eigenvalue weighted by molar-refractivity contribution is 0.0826. The molecular weight excluding hydrogens is 320 g/mol. The van der Waals surface area contributed by atoms with Crippen molar-refractivity contribution in [3.63, 3.8) is 0 Å². The number of hydrogen-bond acceptors (Lipinski definition) is 6. The van der Waals surface area contributed by atoms with Crippen molar-refractivity contribution in [3.8, 4) is 11.5 Å². The van der Waals surface area contributed by atoms with Gasteiger partial charge in [-0.15, -0.1) is 5.10 Å². The van der Waals surface area contributed by atoms with Crippen molar-refractivity contribution in [1.82, 2.24) is 20.2 Å². The van der Waals surface area contributed by atoms with Gasteiger partial charge in [0.25, 0.3) is 0 Å². The first-order valence-electron chi connectivity index (χ1n) is 7.73. The molecule has 0 saturated carbocycles. The minimum atomic E-state index is 0.328. The molecule has 0 spiro atoms. The summed E-state index contributed by atoms with van der Waals surface area (Å²) in [7, 11) is 0. The highest BCUT2D eigenvalue weighted by Crippen LogP contribution is 2.36. The molecule has 4 rings (SSSR count). The van der Waals surface area contributed by atoms with E-state index in [1.165, 1.54) is 0 Å². The van der Waals surface area contributed by atoms with E-state index < -0.39 is 0 Å². The topological polar surface area (TPSA) is 71.3 Å². The van der Waals surface area contributed by atoms with Crippen LogP contribution in [0.25, 0.3) is 0 Å². The van der Waals surface area contributed by atoms with Gasteiger partial charge in [-0.1, -0.05) is 11.6 Å². The second-order valence-corrected chi connectivity index (χ2v) is 6.08. The van der Waals surface area contributed by atoms with E-state index in [1.807, 2.05) is 10.7 Å². The number of fused-ring (bicyclic) bond motifs is 1. The summed E-state index contributed by atoms with van der Waals surface area (Å²) >= 11 is 6.38. The monoisotopic (exact) mass is 336 g/mol. The first-order chi connectivity index (χ1) is 11.3. The molecule has 0 N–H and O–H groups in total. The Morgan fingerprint density at radius 1 is 1.09 bits per heavy atom. The van der Waals surface area contributed by atoms with Crippen LogP contribution in [0.4, 0.5) is 0 Å². The van der Waals surface area contributed by atoms with Crippen LogP contribution in [0.15, 0.2) is 12.1 Å². The number of tetrazole rings is 1. The van der Waals surface area contributed by atoms with Gasteiger partial charge in [-0.2, -0.15) is 0 Å². The Bertz CT molecular complexity index is 700. The Balaban J connectivity index is 1.60. The number of hydrogen-bond donors (Lipinski definition) is 0. The standard InChI is InChI=1S/C15H17ClN4O3/c16-12-8-14-13(22-5-6-23-14)7-11(12)9-20-15(17-18-19-20)10-1-3-21-4-2-10/h7-8,10H,1-6,9H2. The van der Waals surface area contributed by atoms with Crippen LogP contribution in [0.3, 0.4) is 0 Å². The van der Waals surface area contributed by atoms with Crippen LogP contribution < -0.4 is 9.47 Å². The number of aromatic nitrogens is 4. The maximum atomic E-state index is 6.38. The molecule has 1 saturated heterocycles. The fourth-order valence-electron chi connectivity index (χ4n) is 2.96. The van der Waals surface area contributed by atoms with E-state index in [0.717, 1.165) is 43.2 Å². The summed E-state index contributed by atoms with van der Waals surface area (Å²) in [6.45, 7) is 3.11. The normalized spacial score (nSPS) is 18.1. The minimum Gasteiger partial charge on any atom is -0.486 e. The number of halogens is 1. The van der Waals surface area contributed by atoms with E-state index in [9.17, 15) is 0 Å². The second-order valence-electron chi connectivity index (χ2n) is 5.67. The first-order valence-corrected chi connectivity index (χ1v) is 8.11. The molecule has 2 aliphatic heterocycles. The van der Waals surface area contributed by atoms with Gasteiger partial charge in [0.2, 0.25) is 0 Å². The largest absolute Gasteiger partial charge is 0.486 e. The Morgan fingerprint density at radius 3 is 2.61 bits per heavy atom. The third-order valence-electron chi connectivity index (χ3n) is 4.18.